The molecule has 3 heteroatoms. The van der Waals surface area contributed by atoms with Crippen molar-refractivity contribution in [3.63, 3.8) is 0 Å². The molecule has 20 heavy (non-hydrogen) atoms. The molecule has 3 rings (SSSR count). The Bertz CT molecular complexity index is 344. The van der Waals surface area contributed by atoms with Gasteiger partial charge in [0, 0.05) is 6.54 Å². The first kappa shape index (κ1) is 14.4. The molecule has 1 heterocycles. The summed E-state index contributed by atoms with van der Waals surface area (Å²) in [5, 5.41) is 9.61. The highest BCUT2D eigenvalue weighted by Crippen LogP contribution is 2.46. The molecule has 1 N–H and O–H groups in total. The zero-order valence-corrected chi connectivity index (χ0v) is 12.7. The number of carbonyl (C=O) groups is 1. The van der Waals surface area contributed by atoms with E-state index < -0.39 is 11.4 Å². The molecule has 0 aromatic rings. The molecule has 0 unspecified atom stereocenters. The summed E-state index contributed by atoms with van der Waals surface area (Å²) in [6.07, 6.45) is 13.7. The number of nitrogens with zero attached hydrogens (tertiary/aromatic N) is 1. The van der Waals surface area contributed by atoms with E-state index in [1.54, 1.807) is 0 Å². The van der Waals surface area contributed by atoms with Crippen LogP contribution in [0.25, 0.3) is 0 Å². The van der Waals surface area contributed by atoms with Gasteiger partial charge in [0.15, 0.2) is 0 Å². The highest BCUT2D eigenvalue weighted by Gasteiger charge is 2.44. The third-order valence-electron chi connectivity index (χ3n) is 6.37. The van der Waals surface area contributed by atoms with E-state index in [-0.39, 0.29) is 0 Å². The Balaban J connectivity index is 1.56. The van der Waals surface area contributed by atoms with Crippen molar-refractivity contribution in [3.05, 3.63) is 0 Å². The van der Waals surface area contributed by atoms with E-state index in [0.717, 1.165) is 45.3 Å². The van der Waals surface area contributed by atoms with Gasteiger partial charge in [-0.15, -0.1) is 0 Å². The molecule has 2 saturated carbocycles. The summed E-state index contributed by atoms with van der Waals surface area (Å²) < 4.78 is 0. The van der Waals surface area contributed by atoms with Crippen molar-refractivity contribution in [2.24, 2.45) is 10.8 Å². The first-order valence-electron chi connectivity index (χ1n) is 8.60. The van der Waals surface area contributed by atoms with Gasteiger partial charge in [0.1, 0.15) is 0 Å². The van der Waals surface area contributed by atoms with Gasteiger partial charge in [-0.05, 0) is 57.0 Å². The van der Waals surface area contributed by atoms with Crippen LogP contribution >= 0.6 is 0 Å². The number of carboxylic acid groups (broad SMARTS) is 1. The SMILES string of the molecule is O=C(O)C1(CN2CCC3(CCCCC3)CC2)CCCC1. The molecule has 0 bridgehead atoms. The molecule has 3 fully saturated rings. The van der Waals surface area contributed by atoms with E-state index in [9.17, 15) is 9.90 Å². The van der Waals surface area contributed by atoms with Gasteiger partial charge in [-0.25, -0.2) is 0 Å². The second-order valence-corrected chi connectivity index (χ2v) is 7.63. The lowest BCUT2D eigenvalue weighted by molar-refractivity contribution is -0.150. The molecule has 1 saturated heterocycles. The molecular formula is C17H29NO2. The van der Waals surface area contributed by atoms with Gasteiger partial charge in [0.25, 0.3) is 0 Å². The van der Waals surface area contributed by atoms with Crippen molar-refractivity contribution in [3.8, 4) is 0 Å². The minimum atomic E-state index is -0.548. The first-order chi connectivity index (χ1) is 9.64. The second-order valence-electron chi connectivity index (χ2n) is 7.63. The number of piperidine rings is 1. The van der Waals surface area contributed by atoms with E-state index in [0.29, 0.717) is 5.41 Å². The van der Waals surface area contributed by atoms with Crippen molar-refractivity contribution in [1.29, 1.82) is 0 Å². The van der Waals surface area contributed by atoms with E-state index >= 15 is 0 Å². The van der Waals surface area contributed by atoms with Crippen LogP contribution in [0.2, 0.25) is 0 Å². The maximum atomic E-state index is 11.7. The molecule has 0 aromatic carbocycles. The van der Waals surface area contributed by atoms with Crippen LogP contribution in [-0.4, -0.2) is 35.6 Å². The van der Waals surface area contributed by atoms with Crippen LogP contribution in [0.5, 0.6) is 0 Å². The number of rotatable bonds is 3. The van der Waals surface area contributed by atoms with E-state index in [4.69, 9.17) is 0 Å². The topological polar surface area (TPSA) is 40.5 Å². The van der Waals surface area contributed by atoms with Gasteiger partial charge in [0.05, 0.1) is 5.41 Å². The third kappa shape index (κ3) is 2.74. The van der Waals surface area contributed by atoms with Crippen molar-refractivity contribution in [2.45, 2.75) is 70.6 Å². The Labute approximate surface area is 122 Å². The van der Waals surface area contributed by atoms with Crippen LogP contribution in [0, 0.1) is 10.8 Å². The van der Waals surface area contributed by atoms with Gasteiger partial charge in [0.2, 0.25) is 0 Å². The molecule has 1 aliphatic heterocycles. The van der Waals surface area contributed by atoms with Crippen molar-refractivity contribution in [2.75, 3.05) is 19.6 Å². The lowest BCUT2D eigenvalue weighted by atomic mass is 9.68. The molecule has 3 aliphatic rings. The number of likely N-dealkylation sites (tertiary alicyclic amines) is 1. The maximum absolute atomic E-state index is 11.7. The fraction of sp³-hybridized carbons (Fsp3) is 0.941. The van der Waals surface area contributed by atoms with Crippen LogP contribution in [0.4, 0.5) is 0 Å². The molecule has 0 radical (unpaired) electrons. The molecule has 0 aromatic heterocycles. The third-order valence-corrected chi connectivity index (χ3v) is 6.37. The highest BCUT2D eigenvalue weighted by atomic mass is 16.4. The molecule has 2 aliphatic carbocycles. The first-order valence-corrected chi connectivity index (χ1v) is 8.60. The minimum absolute atomic E-state index is 0.420. The van der Waals surface area contributed by atoms with E-state index in [1.807, 2.05) is 0 Å². The summed E-state index contributed by atoms with van der Waals surface area (Å²) in [5.41, 5.74) is 0.206. The second kappa shape index (κ2) is 5.67. The van der Waals surface area contributed by atoms with E-state index in [2.05, 4.69) is 4.90 Å². The maximum Gasteiger partial charge on any atom is 0.310 e. The average molecular weight is 279 g/mol. The van der Waals surface area contributed by atoms with Gasteiger partial charge < -0.3 is 10.0 Å². The predicted octanol–water partition coefficient (Wildman–Crippen LogP) is 3.68. The summed E-state index contributed by atoms with van der Waals surface area (Å²) in [7, 11) is 0. The molecule has 114 valence electrons. The number of aliphatic carboxylic acids is 1. The van der Waals surface area contributed by atoms with Crippen molar-refractivity contribution >= 4 is 5.97 Å². The standard InChI is InChI=1S/C17H29NO2/c19-15(20)17(8-4-5-9-17)14-18-12-10-16(11-13-18)6-2-1-3-7-16/h1-14H2,(H,19,20). The summed E-state index contributed by atoms with van der Waals surface area (Å²) in [5.74, 6) is -0.548. The van der Waals surface area contributed by atoms with Crippen LogP contribution in [0.15, 0.2) is 0 Å². The molecule has 0 amide bonds. The summed E-state index contributed by atoms with van der Waals surface area (Å²) in [6.45, 7) is 3.07. The smallest absolute Gasteiger partial charge is 0.310 e. The number of carboxylic acids is 1. The van der Waals surface area contributed by atoms with Crippen LogP contribution in [0.3, 0.4) is 0 Å². The van der Waals surface area contributed by atoms with Crippen LogP contribution in [0.1, 0.15) is 70.6 Å². The van der Waals surface area contributed by atoms with Crippen molar-refractivity contribution in [1.82, 2.24) is 4.90 Å². The fourth-order valence-corrected chi connectivity index (χ4v) is 4.91. The van der Waals surface area contributed by atoms with Gasteiger partial charge >= 0.3 is 5.97 Å². The fourth-order valence-electron chi connectivity index (χ4n) is 4.91. The van der Waals surface area contributed by atoms with Gasteiger partial charge in [-0.2, -0.15) is 0 Å². The Morgan fingerprint density at radius 1 is 0.850 bits per heavy atom. The average Bonchev–Trinajstić information content (AvgIpc) is 2.93. The van der Waals surface area contributed by atoms with Crippen molar-refractivity contribution < 1.29 is 9.90 Å². The largest absolute Gasteiger partial charge is 0.481 e. The minimum Gasteiger partial charge on any atom is -0.481 e. The highest BCUT2D eigenvalue weighted by molar-refractivity contribution is 5.75. The lowest BCUT2D eigenvalue weighted by Crippen LogP contribution is -2.47. The summed E-state index contributed by atoms with van der Waals surface area (Å²) >= 11 is 0. The van der Waals surface area contributed by atoms with Gasteiger partial charge in [-0.1, -0.05) is 32.1 Å². The Morgan fingerprint density at radius 3 is 1.95 bits per heavy atom. The molecular weight excluding hydrogens is 250 g/mol. The van der Waals surface area contributed by atoms with Gasteiger partial charge in [-0.3, -0.25) is 4.79 Å². The predicted molar refractivity (Wildman–Crippen MR) is 79.7 cm³/mol. The lowest BCUT2D eigenvalue weighted by Gasteiger charge is -2.45. The van der Waals surface area contributed by atoms with E-state index in [1.165, 1.54) is 44.9 Å². The zero-order valence-electron chi connectivity index (χ0n) is 12.7. The van der Waals surface area contributed by atoms with Crippen LogP contribution in [-0.2, 0) is 4.79 Å². The number of hydrogen-bond acceptors (Lipinski definition) is 2. The quantitative estimate of drug-likeness (QED) is 0.856. The molecule has 3 nitrogen and oxygen atoms in total. The number of hydrogen-bond donors (Lipinski definition) is 1. The Kier molecular flexibility index (Phi) is 4.07. The molecule has 1 spiro atoms. The normalized spacial score (nSPS) is 29.6. The zero-order chi connectivity index (χ0) is 14.1. The Morgan fingerprint density at radius 2 is 1.40 bits per heavy atom. The van der Waals surface area contributed by atoms with Crippen LogP contribution < -0.4 is 0 Å². The Hall–Kier alpha value is -0.570. The monoisotopic (exact) mass is 279 g/mol. The summed E-state index contributed by atoms with van der Waals surface area (Å²) in [4.78, 5) is 14.1. The molecule has 0 atom stereocenters. The summed E-state index contributed by atoms with van der Waals surface area (Å²) in [6, 6.07) is 0.